The summed E-state index contributed by atoms with van der Waals surface area (Å²) in [6.45, 7) is 6.78. The third kappa shape index (κ3) is 6.01. The number of carboxylic acids is 1. The zero-order chi connectivity index (χ0) is 26.4. The van der Waals surface area contributed by atoms with Crippen LogP contribution in [-0.2, 0) is 9.59 Å². The predicted molar refractivity (Wildman–Crippen MR) is 140 cm³/mol. The highest BCUT2D eigenvalue weighted by Crippen LogP contribution is 2.47. The molecule has 1 amide bonds. The Hall–Kier alpha value is -3.26. The molecule has 3 atom stereocenters. The lowest BCUT2D eigenvalue weighted by atomic mass is 9.82. The number of carbonyl (C=O) groups is 2. The van der Waals surface area contributed by atoms with E-state index in [1.54, 1.807) is 7.11 Å². The second kappa shape index (κ2) is 12.3. The molecule has 8 heteroatoms. The van der Waals surface area contributed by atoms with Crippen molar-refractivity contribution in [3.8, 4) is 17.2 Å². The summed E-state index contributed by atoms with van der Waals surface area (Å²) in [6.07, 6.45) is 3.31. The predicted octanol–water partition coefficient (Wildman–Crippen LogP) is 4.69. The average molecular weight is 511 g/mol. The molecule has 0 unspecified atom stereocenters. The van der Waals surface area contributed by atoms with Crippen molar-refractivity contribution in [2.24, 2.45) is 5.92 Å². The van der Waals surface area contributed by atoms with Gasteiger partial charge in [0, 0.05) is 44.6 Å². The van der Waals surface area contributed by atoms with Crippen LogP contribution in [0.15, 0.2) is 42.5 Å². The van der Waals surface area contributed by atoms with Crippen molar-refractivity contribution < 1.29 is 28.9 Å². The smallest absolute Gasteiger partial charge is 0.309 e. The first-order valence-corrected chi connectivity index (χ1v) is 13.2. The molecule has 2 aromatic carbocycles. The van der Waals surface area contributed by atoms with Gasteiger partial charge in [0.2, 0.25) is 12.7 Å². The molecule has 200 valence electrons. The number of hydrogen-bond acceptors (Lipinski definition) is 6. The van der Waals surface area contributed by atoms with E-state index in [1.807, 2.05) is 54.3 Å². The first-order valence-electron chi connectivity index (χ1n) is 13.2. The van der Waals surface area contributed by atoms with E-state index in [9.17, 15) is 14.7 Å². The third-order valence-corrected chi connectivity index (χ3v) is 7.42. The maximum atomic E-state index is 12.8. The van der Waals surface area contributed by atoms with Crippen LogP contribution in [0.2, 0.25) is 0 Å². The van der Waals surface area contributed by atoms with Crippen molar-refractivity contribution in [3.63, 3.8) is 0 Å². The molecule has 2 aromatic rings. The number of aliphatic carboxylic acids is 1. The molecule has 0 saturated carbocycles. The van der Waals surface area contributed by atoms with Crippen LogP contribution < -0.4 is 14.2 Å². The van der Waals surface area contributed by atoms with Crippen LogP contribution in [0, 0.1) is 5.92 Å². The SMILES string of the molecule is CCCCN(CCN1C[C@@H](c2ccc3c(c2)OCO3)[C@H](C(=O)O)[C@H]1c1ccc(OC)cc1)C(=O)CCC. The van der Waals surface area contributed by atoms with Gasteiger partial charge in [-0.15, -0.1) is 0 Å². The quantitative estimate of drug-likeness (QED) is 0.443. The Bertz CT molecular complexity index is 1070. The summed E-state index contributed by atoms with van der Waals surface area (Å²) < 4.78 is 16.4. The number of amides is 1. The van der Waals surface area contributed by atoms with Crippen molar-refractivity contribution in [2.75, 3.05) is 40.1 Å². The first-order chi connectivity index (χ1) is 18.0. The summed E-state index contributed by atoms with van der Waals surface area (Å²) in [7, 11) is 1.62. The molecule has 0 aliphatic carbocycles. The lowest BCUT2D eigenvalue weighted by molar-refractivity contribution is -0.143. The minimum absolute atomic E-state index is 0.165. The lowest BCUT2D eigenvalue weighted by Crippen LogP contribution is -2.39. The van der Waals surface area contributed by atoms with E-state index >= 15 is 0 Å². The van der Waals surface area contributed by atoms with Crippen molar-refractivity contribution in [2.45, 2.75) is 51.5 Å². The maximum Gasteiger partial charge on any atom is 0.309 e. The monoisotopic (exact) mass is 510 g/mol. The Morgan fingerprint density at radius 1 is 1.03 bits per heavy atom. The van der Waals surface area contributed by atoms with Crippen LogP contribution in [0.3, 0.4) is 0 Å². The van der Waals surface area contributed by atoms with Crippen LogP contribution in [-0.4, -0.2) is 66.9 Å². The molecule has 4 rings (SSSR count). The number of unbranched alkanes of at least 4 members (excludes halogenated alkanes) is 1. The first kappa shape index (κ1) is 26.8. The molecule has 1 saturated heterocycles. The highest BCUT2D eigenvalue weighted by Gasteiger charge is 2.47. The molecular weight excluding hydrogens is 472 g/mol. The second-order valence-corrected chi connectivity index (χ2v) is 9.78. The molecule has 2 heterocycles. The molecule has 1 fully saturated rings. The summed E-state index contributed by atoms with van der Waals surface area (Å²) in [4.78, 5) is 29.8. The topological polar surface area (TPSA) is 88.5 Å². The highest BCUT2D eigenvalue weighted by molar-refractivity contribution is 5.76. The summed E-state index contributed by atoms with van der Waals surface area (Å²) in [5.41, 5.74) is 1.85. The van der Waals surface area contributed by atoms with E-state index in [4.69, 9.17) is 14.2 Å². The fraction of sp³-hybridized carbons (Fsp3) is 0.517. The number of methoxy groups -OCH3 is 1. The van der Waals surface area contributed by atoms with Gasteiger partial charge < -0.3 is 24.2 Å². The average Bonchev–Trinajstić information content (AvgIpc) is 3.53. The molecule has 2 aliphatic rings. The number of rotatable bonds is 12. The van der Waals surface area contributed by atoms with E-state index < -0.39 is 11.9 Å². The Morgan fingerprint density at radius 2 is 1.76 bits per heavy atom. The van der Waals surface area contributed by atoms with Gasteiger partial charge in [0.25, 0.3) is 0 Å². The number of fused-ring (bicyclic) bond motifs is 1. The van der Waals surface area contributed by atoms with E-state index in [2.05, 4.69) is 11.8 Å². The van der Waals surface area contributed by atoms with Gasteiger partial charge in [0.1, 0.15) is 5.75 Å². The van der Waals surface area contributed by atoms with Crippen molar-refractivity contribution in [1.82, 2.24) is 9.80 Å². The highest BCUT2D eigenvalue weighted by atomic mass is 16.7. The standard InChI is InChI=1S/C29H38N2O6/c1-4-6-14-30(26(32)7-5-2)15-16-31-18-23(21-10-13-24-25(17-21)37-19-36-24)27(29(33)34)28(31)20-8-11-22(35-3)12-9-20/h8-13,17,23,27-28H,4-7,14-16,18-19H2,1-3H3,(H,33,34)/t23-,27-,28+/m0/s1. The maximum absolute atomic E-state index is 12.8. The van der Waals surface area contributed by atoms with Gasteiger partial charge in [-0.2, -0.15) is 0 Å². The number of benzene rings is 2. The van der Waals surface area contributed by atoms with Gasteiger partial charge in [-0.25, -0.2) is 0 Å². The van der Waals surface area contributed by atoms with E-state index in [-0.39, 0.29) is 24.7 Å². The molecule has 1 N–H and O–H groups in total. The van der Waals surface area contributed by atoms with Crippen LogP contribution >= 0.6 is 0 Å². The lowest BCUT2D eigenvalue weighted by Gasteiger charge is -2.30. The minimum Gasteiger partial charge on any atom is -0.497 e. The molecule has 2 aliphatic heterocycles. The van der Waals surface area contributed by atoms with Gasteiger partial charge in [0.05, 0.1) is 13.0 Å². The Balaban J connectivity index is 1.65. The Kier molecular flexibility index (Phi) is 8.92. The fourth-order valence-corrected chi connectivity index (χ4v) is 5.47. The van der Waals surface area contributed by atoms with Gasteiger partial charge >= 0.3 is 5.97 Å². The molecule has 0 radical (unpaired) electrons. The number of carbonyl (C=O) groups excluding carboxylic acids is 1. The zero-order valence-corrected chi connectivity index (χ0v) is 22.0. The molecular formula is C29H38N2O6. The Labute approximate surface area is 219 Å². The van der Waals surface area contributed by atoms with Crippen molar-refractivity contribution in [3.05, 3.63) is 53.6 Å². The summed E-state index contributed by atoms with van der Waals surface area (Å²) in [5.74, 6) is 0.478. The molecule has 0 bridgehead atoms. The molecule has 37 heavy (non-hydrogen) atoms. The molecule has 0 spiro atoms. The van der Waals surface area contributed by atoms with Crippen LogP contribution in [0.5, 0.6) is 17.2 Å². The normalized spacial score (nSPS) is 20.7. The summed E-state index contributed by atoms with van der Waals surface area (Å²) in [6, 6.07) is 13.0. The number of nitrogens with zero attached hydrogens (tertiary/aromatic N) is 2. The number of ether oxygens (including phenoxy) is 3. The third-order valence-electron chi connectivity index (χ3n) is 7.42. The molecule has 8 nitrogen and oxygen atoms in total. The largest absolute Gasteiger partial charge is 0.497 e. The fourth-order valence-electron chi connectivity index (χ4n) is 5.47. The number of hydrogen-bond donors (Lipinski definition) is 1. The Morgan fingerprint density at radius 3 is 2.43 bits per heavy atom. The van der Waals surface area contributed by atoms with E-state index in [1.165, 1.54) is 0 Å². The van der Waals surface area contributed by atoms with E-state index in [0.717, 1.165) is 42.7 Å². The van der Waals surface area contributed by atoms with E-state index in [0.29, 0.717) is 37.6 Å². The van der Waals surface area contributed by atoms with Crippen molar-refractivity contribution in [1.29, 1.82) is 0 Å². The second-order valence-electron chi connectivity index (χ2n) is 9.78. The number of carboxylic acid groups (broad SMARTS) is 1. The summed E-state index contributed by atoms with van der Waals surface area (Å²) >= 11 is 0. The zero-order valence-electron chi connectivity index (χ0n) is 22.0. The van der Waals surface area contributed by atoms with Crippen LogP contribution in [0.1, 0.15) is 62.6 Å². The minimum atomic E-state index is -0.837. The van der Waals surface area contributed by atoms with Crippen LogP contribution in [0.4, 0.5) is 0 Å². The van der Waals surface area contributed by atoms with Crippen LogP contribution in [0.25, 0.3) is 0 Å². The van der Waals surface area contributed by atoms with Gasteiger partial charge in [0.15, 0.2) is 11.5 Å². The summed E-state index contributed by atoms with van der Waals surface area (Å²) in [5, 5.41) is 10.5. The molecule has 0 aromatic heterocycles. The van der Waals surface area contributed by atoms with Gasteiger partial charge in [-0.3, -0.25) is 14.5 Å². The van der Waals surface area contributed by atoms with Gasteiger partial charge in [-0.05, 0) is 48.2 Å². The van der Waals surface area contributed by atoms with Gasteiger partial charge in [-0.1, -0.05) is 38.5 Å². The van der Waals surface area contributed by atoms with Crippen molar-refractivity contribution >= 4 is 11.9 Å². The number of likely N-dealkylation sites (tertiary alicyclic amines) is 1.